The van der Waals surface area contributed by atoms with Crippen molar-refractivity contribution in [3.63, 3.8) is 0 Å². The lowest BCUT2D eigenvalue weighted by atomic mass is 9.91. The Hall–Kier alpha value is -4.22. The average Bonchev–Trinajstić information content (AvgIpc) is 2.87. The first-order chi connectivity index (χ1) is 17.7. The molecular formula is C32H34FN3O. The molecule has 0 unspecified atom stereocenters. The van der Waals surface area contributed by atoms with Crippen LogP contribution in [0, 0.1) is 5.82 Å². The third kappa shape index (κ3) is 7.89. The van der Waals surface area contributed by atoms with Gasteiger partial charge in [0.2, 0.25) is 0 Å². The summed E-state index contributed by atoms with van der Waals surface area (Å²) in [4.78, 5) is 6.52. The van der Waals surface area contributed by atoms with E-state index >= 15 is 0 Å². The molecule has 0 radical (unpaired) electrons. The third-order valence-electron chi connectivity index (χ3n) is 5.77. The van der Waals surface area contributed by atoms with Crippen molar-refractivity contribution in [2.24, 2.45) is 0 Å². The first-order valence-corrected chi connectivity index (χ1v) is 12.0. The number of hydrogen-bond donors (Lipinski definition) is 1. The Kier molecular flexibility index (Phi) is 9.36. The van der Waals surface area contributed by atoms with Gasteiger partial charge in [0.05, 0.1) is 0 Å². The molecule has 0 bridgehead atoms. The number of benzene rings is 2. The van der Waals surface area contributed by atoms with Gasteiger partial charge in [-0.1, -0.05) is 38.0 Å². The highest BCUT2D eigenvalue weighted by Crippen LogP contribution is 2.33. The van der Waals surface area contributed by atoms with E-state index in [0.717, 1.165) is 45.5 Å². The van der Waals surface area contributed by atoms with E-state index in [1.807, 2.05) is 63.8 Å². The number of ether oxygens (including phenoxy) is 1. The lowest BCUT2D eigenvalue weighted by molar-refractivity contribution is 0.402. The van der Waals surface area contributed by atoms with Gasteiger partial charge in [0.25, 0.3) is 0 Å². The molecule has 0 aliphatic rings. The van der Waals surface area contributed by atoms with Crippen LogP contribution in [0.5, 0.6) is 5.75 Å². The first kappa shape index (κ1) is 27.4. The number of hydrogen-bond acceptors (Lipinski definition) is 4. The minimum Gasteiger partial charge on any atom is -0.458 e. The number of aromatic nitrogens is 1. The molecule has 0 aliphatic carbocycles. The first-order valence-electron chi connectivity index (χ1n) is 12.0. The number of rotatable bonds is 11. The maximum absolute atomic E-state index is 13.1. The predicted molar refractivity (Wildman–Crippen MR) is 153 cm³/mol. The summed E-state index contributed by atoms with van der Waals surface area (Å²) in [6.07, 6.45) is 10.0. The number of halogens is 1. The third-order valence-corrected chi connectivity index (χ3v) is 5.77. The van der Waals surface area contributed by atoms with Crippen LogP contribution in [0.1, 0.15) is 24.5 Å². The van der Waals surface area contributed by atoms with Crippen molar-refractivity contribution in [3.8, 4) is 16.9 Å². The molecule has 4 nitrogen and oxygen atoms in total. The second-order valence-corrected chi connectivity index (χ2v) is 9.10. The number of anilines is 1. The van der Waals surface area contributed by atoms with Crippen molar-refractivity contribution in [1.29, 1.82) is 0 Å². The Bertz CT molecular complexity index is 1350. The molecule has 37 heavy (non-hydrogen) atoms. The summed E-state index contributed by atoms with van der Waals surface area (Å²) in [6.45, 7) is 15.3. The Labute approximate surface area is 219 Å². The second-order valence-electron chi connectivity index (χ2n) is 9.10. The van der Waals surface area contributed by atoms with Gasteiger partial charge in [-0.3, -0.25) is 4.98 Å². The molecule has 1 heterocycles. The normalized spacial score (nSPS) is 11.6. The largest absolute Gasteiger partial charge is 0.458 e. The molecule has 0 amide bonds. The van der Waals surface area contributed by atoms with Gasteiger partial charge < -0.3 is 15.4 Å². The van der Waals surface area contributed by atoms with Crippen LogP contribution in [0.25, 0.3) is 16.7 Å². The number of nitrogens with zero attached hydrogens (tertiary/aromatic N) is 2. The highest BCUT2D eigenvalue weighted by Gasteiger charge is 2.11. The standard InChI is InChI=1S/C32H34FN3O/c1-7-25(9-8-23(3)37-30-13-11-29(33)12-14-30)16-22(2)24(4)31-18-27(10-15-32(31)34)28-17-26(19-35-20-28)21-36(5)6/h7-15,17-20H,2-4,16,21,34H2,1,5-6H3/b9-8-,25-7+. The molecule has 0 spiro atoms. The van der Waals surface area contributed by atoms with E-state index in [9.17, 15) is 4.39 Å². The molecular weight excluding hydrogens is 461 g/mol. The Morgan fingerprint density at radius 3 is 2.41 bits per heavy atom. The summed E-state index contributed by atoms with van der Waals surface area (Å²) in [5, 5.41) is 0. The fourth-order valence-corrected chi connectivity index (χ4v) is 3.78. The summed E-state index contributed by atoms with van der Waals surface area (Å²) in [7, 11) is 4.07. The maximum Gasteiger partial charge on any atom is 0.127 e. The van der Waals surface area contributed by atoms with E-state index in [1.165, 1.54) is 12.1 Å². The van der Waals surface area contributed by atoms with Crippen LogP contribution in [0.4, 0.5) is 10.1 Å². The molecule has 1 aromatic heterocycles. The molecule has 3 rings (SSSR count). The Morgan fingerprint density at radius 1 is 1.00 bits per heavy atom. The second kappa shape index (κ2) is 12.7. The van der Waals surface area contributed by atoms with Crippen LogP contribution in [0.15, 0.2) is 116 Å². The highest BCUT2D eigenvalue weighted by molar-refractivity contribution is 5.86. The molecule has 0 fully saturated rings. The lowest BCUT2D eigenvalue weighted by Gasteiger charge is -2.15. The Balaban J connectivity index is 1.71. The van der Waals surface area contributed by atoms with Crippen molar-refractivity contribution >= 4 is 11.3 Å². The van der Waals surface area contributed by atoms with Crippen LogP contribution in [-0.2, 0) is 6.54 Å². The summed E-state index contributed by atoms with van der Waals surface area (Å²) >= 11 is 0. The van der Waals surface area contributed by atoms with Crippen molar-refractivity contribution in [2.45, 2.75) is 19.9 Å². The van der Waals surface area contributed by atoms with Crippen molar-refractivity contribution in [3.05, 3.63) is 133 Å². The maximum atomic E-state index is 13.1. The Morgan fingerprint density at radius 2 is 1.73 bits per heavy atom. The van der Waals surface area contributed by atoms with Gasteiger partial charge in [0.1, 0.15) is 17.3 Å². The minimum atomic E-state index is -0.316. The van der Waals surface area contributed by atoms with E-state index in [0.29, 0.717) is 23.6 Å². The summed E-state index contributed by atoms with van der Waals surface area (Å²) in [5.74, 6) is 0.648. The van der Waals surface area contributed by atoms with E-state index in [4.69, 9.17) is 10.5 Å². The fourth-order valence-electron chi connectivity index (χ4n) is 3.78. The van der Waals surface area contributed by atoms with Crippen LogP contribution in [0.3, 0.4) is 0 Å². The summed E-state index contributed by atoms with van der Waals surface area (Å²) < 4.78 is 18.7. The molecule has 2 aromatic carbocycles. The molecule has 0 aliphatic heterocycles. The highest BCUT2D eigenvalue weighted by atomic mass is 19.1. The lowest BCUT2D eigenvalue weighted by Crippen LogP contribution is -2.10. The van der Waals surface area contributed by atoms with Crippen LogP contribution >= 0.6 is 0 Å². The van der Waals surface area contributed by atoms with Crippen LogP contribution < -0.4 is 10.5 Å². The summed E-state index contributed by atoms with van der Waals surface area (Å²) in [5.41, 5.74) is 13.7. The minimum absolute atomic E-state index is 0.316. The van der Waals surface area contributed by atoms with E-state index in [1.54, 1.807) is 18.2 Å². The van der Waals surface area contributed by atoms with Gasteiger partial charge in [-0.15, -0.1) is 0 Å². The van der Waals surface area contributed by atoms with Crippen LogP contribution in [0.2, 0.25) is 0 Å². The predicted octanol–water partition coefficient (Wildman–Crippen LogP) is 7.59. The number of nitrogen functional groups attached to an aromatic ring is 1. The summed E-state index contributed by atoms with van der Waals surface area (Å²) in [6, 6.07) is 13.9. The number of pyridine rings is 1. The zero-order valence-electron chi connectivity index (χ0n) is 21.8. The zero-order chi connectivity index (χ0) is 26.9. The van der Waals surface area contributed by atoms with Crippen LogP contribution in [-0.4, -0.2) is 24.0 Å². The van der Waals surface area contributed by atoms with Crippen molar-refractivity contribution in [1.82, 2.24) is 9.88 Å². The molecule has 2 N–H and O–H groups in total. The van der Waals surface area contributed by atoms with Gasteiger partial charge in [0, 0.05) is 35.8 Å². The average molecular weight is 496 g/mol. The molecule has 0 atom stereocenters. The van der Waals surface area contributed by atoms with Gasteiger partial charge in [-0.05, 0) is 104 Å². The van der Waals surface area contributed by atoms with Gasteiger partial charge in [-0.2, -0.15) is 0 Å². The fraction of sp³-hybridized carbons (Fsp3) is 0.156. The molecule has 190 valence electrons. The smallest absolute Gasteiger partial charge is 0.127 e. The SMILES string of the molecule is C=C(/C=C\C(=C/C)CC(=C)C(=C)c1cc(-c2cncc(CN(C)C)c2)ccc1N)Oc1ccc(F)cc1. The van der Waals surface area contributed by atoms with Gasteiger partial charge in [-0.25, -0.2) is 4.39 Å². The van der Waals surface area contributed by atoms with E-state index in [2.05, 4.69) is 35.7 Å². The number of allylic oxidation sites excluding steroid dienone is 6. The van der Waals surface area contributed by atoms with E-state index in [-0.39, 0.29) is 5.82 Å². The van der Waals surface area contributed by atoms with Crippen molar-refractivity contribution < 1.29 is 9.13 Å². The molecule has 3 aromatic rings. The quantitative estimate of drug-likeness (QED) is 0.169. The topological polar surface area (TPSA) is 51.4 Å². The van der Waals surface area contributed by atoms with Gasteiger partial charge >= 0.3 is 0 Å². The monoisotopic (exact) mass is 495 g/mol. The van der Waals surface area contributed by atoms with Crippen molar-refractivity contribution in [2.75, 3.05) is 19.8 Å². The molecule has 0 saturated heterocycles. The molecule has 5 heteroatoms. The van der Waals surface area contributed by atoms with Gasteiger partial charge in [0.15, 0.2) is 0 Å². The van der Waals surface area contributed by atoms with E-state index < -0.39 is 0 Å². The zero-order valence-corrected chi connectivity index (χ0v) is 21.8. The molecule has 0 saturated carbocycles. The number of nitrogens with two attached hydrogens (primary N) is 1.